The van der Waals surface area contributed by atoms with Crippen LogP contribution in [0.15, 0.2) is 18.2 Å². The molecule has 0 radical (unpaired) electrons. The van der Waals surface area contributed by atoms with E-state index in [0.29, 0.717) is 6.04 Å². The van der Waals surface area contributed by atoms with Gasteiger partial charge in [0.05, 0.1) is 0 Å². The summed E-state index contributed by atoms with van der Waals surface area (Å²) in [7, 11) is 2.19. The third-order valence-electron chi connectivity index (χ3n) is 3.17. The van der Waals surface area contributed by atoms with E-state index in [1.165, 1.54) is 23.3 Å². The van der Waals surface area contributed by atoms with Crippen LogP contribution >= 0.6 is 11.8 Å². The molecule has 0 aliphatic carbocycles. The molecule has 0 amide bonds. The van der Waals surface area contributed by atoms with Crippen molar-refractivity contribution in [1.29, 1.82) is 0 Å². The number of anilines is 1. The summed E-state index contributed by atoms with van der Waals surface area (Å²) in [4.78, 5) is 2.40. The molecule has 17 heavy (non-hydrogen) atoms. The highest BCUT2D eigenvalue weighted by atomic mass is 32.2. The maximum Gasteiger partial charge on any atom is 0.0359 e. The predicted octanol–water partition coefficient (Wildman–Crippen LogP) is 3.15. The Morgan fingerprint density at radius 3 is 2.71 bits per heavy atom. The molecule has 3 heteroatoms. The third-order valence-corrected chi connectivity index (χ3v) is 3.89. The van der Waals surface area contributed by atoms with Crippen LogP contribution < -0.4 is 5.73 Å². The lowest BCUT2D eigenvalue weighted by atomic mass is 10.1. The minimum absolute atomic E-state index is 0.630. The molecule has 0 aliphatic heterocycles. The lowest BCUT2D eigenvalue weighted by Gasteiger charge is -2.27. The molecule has 0 heterocycles. The molecule has 2 N–H and O–H groups in total. The van der Waals surface area contributed by atoms with Crippen LogP contribution in [0, 0.1) is 6.92 Å². The van der Waals surface area contributed by atoms with Crippen LogP contribution in [0.3, 0.4) is 0 Å². The lowest BCUT2D eigenvalue weighted by molar-refractivity contribution is 0.248. The van der Waals surface area contributed by atoms with Crippen molar-refractivity contribution in [1.82, 2.24) is 4.90 Å². The van der Waals surface area contributed by atoms with Crippen LogP contribution in [0.25, 0.3) is 0 Å². The molecule has 0 saturated carbocycles. The van der Waals surface area contributed by atoms with E-state index in [4.69, 9.17) is 5.73 Å². The first-order chi connectivity index (χ1) is 8.08. The summed E-state index contributed by atoms with van der Waals surface area (Å²) in [6, 6.07) is 6.90. The van der Waals surface area contributed by atoms with Gasteiger partial charge < -0.3 is 5.73 Å². The fourth-order valence-electron chi connectivity index (χ4n) is 2.02. The van der Waals surface area contributed by atoms with Crippen molar-refractivity contribution in [3.63, 3.8) is 0 Å². The zero-order valence-electron chi connectivity index (χ0n) is 11.4. The molecule has 1 aromatic rings. The van der Waals surface area contributed by atoms with Crippen LogP contribution in [0.4, 0.5) is 5.69 Å². The van der Waals surface area contributed by atoms with Crippen molar-refractivity contribution in [2.45, 2.75) is 32.9 Å². The quantitative estimate of drug-likeness (QED) is 0.789. The zero-order chi connectivity index (χ0) is 12.8. The number of nitrogens with zero attached hydrogens (tertiary/aromatic N) is 1. The number of nitrogen functional groups attached to an aromatic ring is 1. The van der Waals surface area contributed by atoms with Gasteiger partial charge >= 0.3 is 0 Å². The van der Waals surface area contributed by atoms with Crippen LogP contribution in [0.1, 0.15) is 24.5 Å². The van der Waals surface area contributed by atoms with Crippen molar-refractivity contribution >= 4 is 17.4 Å². The molecule has 2 nitrogen and oxygen atoms in total. The second-order valence-corrected chi connectivity index (χ2v) is 5.55. The summed E-state index contributed by atoms with van der Waals surface area (Å²) < 4.78 is 0. The molecule has 0 bridgehead atoms. The standard InChI is InChI=1S/C14H24N2S/c1-5-13(10-17-4)16(3)9-12-8-11(2)6-7-14(12)15/h6-8,13H,5,9-10,15H2,1-4H3. The van der Waals surface area contributed by atoms with Crippen LogP contribution in [-0.2, 0) is 6.54 Å². The number of thioether (sulfide) groups is 1. The number of benzene rings is 1. The number of hydrogen-bond acceptors (Lipinski definition) is 3. The molecule has 0 spiro atoms. The van der Waals surface area contributed by atoms with Gasteiger partial charge in [0.1, 0.15) is 0 Å². The van der Waals surface area contributed by atoms with Crippen LogP contribution in [0.5, 0.6) is 0 Å². The smallest absolute Gasteiger partial charge is 0.0359 e. The van der Waals surface area contributed by atoms with E-state index in [1.807, 2.05) is 17.8 Å². The Balaban J connectivity index is 2.72. The van der Waals surface area contributed by atoms with Gasteiger partial charge in [0.15, 0.2) is 0 Å². The minimum atomic E-state index is 0.630. The molecule has 0 saturated heterocycles. The van der Waals surface area contributed by atoms with E-state index >= 15 is 0 Å². The minimum Gasteiger partial charge on any atom is -0.398 e. The molecule has 0 fully saturated rings. The summed E-state index contributed by atoms with van der Waals surface area (Å²) in [5.74, 6) is 1.18. The van der Waals surface area contributed by atoms with Crippen molar-refractivity contribution in [3.05, 3.63) is 29.3 Å². The van der Waals surface area contributed by atoms with Gasteiger partial charge in [-0.15, -0.1) is 0 Å². The predicted molar refractivity (Wildman–Crippen MR) is 79.5 cm³/mol. The highest BCUT2D eigenvalue weighted by molar-refractivity contribution is 7.98. The average Bonchev–Trinajstić information content (AvgIpc) is 2.30. The number of rotatable bonds is 6. The topological polar surface area (TPSA) is 29.3 Å². The van der Waals surface area contributed by atoms with E-state index in [0.717, 1.165) is 12.2 Å². The van der Waals surface area contributed by atoms with Gasteiger partial charge in [0.25, 0.3) is 0 Å². The van der Waals surface area contributed by atoms with Crippen molar-refractivity contribution < 1.29 is 0 Å². The Morgan fingerprint density at radius 1 is 1.41 bits per heavy atom. The van der Waals surface area contributed by atoms with Gasteiger partial charge in [-0.2, -0.15) is 11.8 Å². The molecular weight excluding hydrogens is 228 g/mol. The van der Waals surface area contributed by atoms with Crippen molar-refractivity contribution in [3.8, 4) is 0 Å². The van der Waals surface area contributed by atoms with Gasteiger partial charge in [-0.3, -0.25) is 4.90 Å². The van der Waals surface area contributed by atoms with Gasteiger partial charge in [0, 0.05) is 24.0 Å². The monoisotopic (exact) mass is 252 g/mol. The number of nitrogens with two attached hydrogens (primary N) is 1. The molecule has 0 aliphatic rings. The average molecular weight is 252 g/mol. The highest BCUT2D eigenvalue weighted by Crippen LogP contribution is 2.18. The fourth-order valence-corrected chi connectivity index (χ4v) is 2.89. The molecule has 0 aromatic heterocycles. The van der Waals surface area contributed by atoms with E-state index in [1.54, 1.807) is 0 Å². The molecule has 1 aromatic carbocycles. The first kappa shape index (κ1) is 14.4. The lowest BCUT2D eigenvalue weighted by Crippen LogP contribution is -2.32. The molecule has 1 unspecified atom stereocenters. The first-order valence-corrected chi connectivity index (χ1v) is 7.52. The molecule has 1 rings (SSSR count). The van der Waals surface area contributed by atoms with Crippen molar-refractivity contribution in [2.75, 3.05) is 24.8 Å². The maximum absolute atomic E-state index is 6.02. The van der Waals surface area contributed by atoms with Crippen LogP contribution in [0.2, 0.25) is 0 Å². The zero-order valence-corrected chi connectivity index (χ0v) is 12.2. The Labute approximate surface area is 110 Å². The Morgan fingerprint density at radius 2 is 2.12 bits per heavy atom. The Hall–Kier alpha value is -0.670. The molecule has 1 atom stereocenters. The van der Waals surface area contributed by atoms with Gasteiger partial charge in [0.2, 0.25) is 0 Å². The van der Waals surface area contributed by atoms with E-state index in [2.05, 4.69) is 44.2 Å². The maximum atomic E-state index is 6.02. The summed E-state index contributed by atoms with van der Waals surface area (Å²) in [6.45, 7) is 5.30. The van der Waals surface area contributed by atoms with Crippen molar-refractivity contribution in [2.24, 2.45) is 0 Å². The van der Waals surface area contributed by atoms with Gasteiger partial charge in [-0.1, -0.05) is 24.6 Å². The Kier molecular flexibility index (Phi) is 5.86. The molecule has 96 valence electrons. The summed E-state index contributed by atoms with van der Waals surface area (Å²) in [5, 5.41) is 0. The first-order valence-electron chi connectivity index (χ1n) is 6.12. The largest absolute Gasteiger partial charge is 0.398 e. The summed E-state index contributed by atoms with van der Waals surface area (Å²) >= 11 is 1.91. The Bertz CT molecular complexity index is 352. The van der Waals surface area contributed by atoms with E-state index in [-0.39, 0.29) is 0 Å². The second kappa shape index (κ2) is 6.92. The highest BCUT2D eigenvalue weighted by Gasteiger charge is 2.13. The van der Waals surface area contributed by atoms with Gasteiger partial charge in [-0.05, 0) is 38.3 Å². The number of aryl methyl sites for hydroxylation is 1. The second-order valence-electron chi connectivity index (χ2n) is 4.63. The molecular formula is C14H24N2S. The fraction of sp³-hybridized carbons (Fsp3) is 0.571. The summed E-state index contributed by atoms with van der Waals surface area (Å²) in [5.41, 5.74) is 9.45. The van der Waals surface area contributed by atoms with E-state index < -0.39 is 0 Å². The van der Waals surface area contributed by atoms with Crippen LogP contribution in [-0.4, -0.2) is 30.0 Å². The SMILES string of the molecule is CCC(CSC)N(C)Cc1cc(C)ccc1N. The third kappa shape index (κ3) is 4.25. The van der Waals surface area contributed by atoms with E-state index in [9.17, 15) is 0 Å². The normalized spacial score (nSPS) is 13.0. The number of hydrogen-bond donors (Lipinski definition) is 1. The summed E-state index contributed by atoms with van der Waals surface area (Å²) in [6.07, 6.45) is 3.35. The van der Waals surface area contributed by atoms with Gasteiger partial charge in [-0.25, -0.2) is 0 Å².